The van der Waals surface area contributed by atoms with Gasteiger partial charge in [0.1, 0.15) is 0 Å². The Bertz CT molecular complexity index is 269. The number of ether oxygens (including phenoxy) is 1. The molecule has 0 aliphatic heterocycles. The summed E-state index contributed by atoms with van der Waals surface area (Å²) in [5.74, 6) is 0.878. The van der Waals surface area contributed by atoms with Gasteiger partial charge in [-0.2, -0.15) is 0 Å². The number of hydrogen-bond donors (Lipinski definition) is 1. The Kier molecular flexibility index (Phi) is 19.5. The lowest BCUT2D eigenvalue weighted by molar-refractivity contribution is 0.0229. The second-order valence-electron chi connectivity index (χ2n) is 8.77. The normalized spacial score (nSPS) is 13.0. The van der Waals surface area contributed by atoms with Crippen molar-refractivity contribution in [3.63, 3.8) is 0 Å². The van der Waals surface area contributed by atoms with E-state index in [2.05, 4.69) is 13.8 Å². The minimum atomic E-state index is -0.356. The van der Waals surface area contributed by atoms with Crippen molar-refractivity contribution < 1.29 is 9.84 Å². The minimum absolute atomic E-state index is 0.356. The van der Waals surface area contributed by atoms with E-state index in [1.54, 1.807) is 0 Å². The molecule has 0 aliphatic rings. The summed E-state index contributed by atoms with van der Waals surface area (Å²) in [7, 11) is 3.94. The maximum atomic E-state index is 9.69. The van der Waals surface area contributed by atoms with E-state index in [-0.39, 0.29) is 6.10 Å². The molecule has 0 fully saturated rings. The number of aliphatic hydroxyl groups excluding tert-OH is 1. The van der Waals surface area contributed by atoms with Gasteiger partial charge in [-0.1, -0.05) is 97.3 Å². The highest BCUT2D eigenvalue weighted by atomic mass is 16.5. The molecule has 0 rings (SSSR count). The molecule has 1 atom stereocenters. The van der Waals surface area contributed by atoms with Gasteiger partial charge in [-0.05, 0) is 26.4 Å². The molecule has 1 N–H and O–H groups in total. The Morgan fingerprint density at radius 1 is 0.692 bits per heavy atom. The molecule has 26 heavy (non-hydrogen) atoms. The fraction of sp³-hybridized carbons (Fsp3) is 1.00. The van der Waals surface area contributed by atoms with Crippen molar-refractivity contribution in [3.8, 4) is 0 Å². The summed E-state index contributed by atoms with van der Waals surface area (Å²) in [5.41, 5.74) is 0. The van der Waals surface area contributed by atoms with Crippen LogP contribution < -0.4 is 0 Å². The number of unbranched alkanes of at least 4 members (excludes halogenated alkanes) is 12. The fourth-order valence-electron chi connectivity index (χ4n) is 3.39. The third-order valence-corrected chi connectivity index (χ3v) is 4.96. The zero-order valence-corrected chi connectivity index (χ0v) is 18.5. The van der Waals surface area contributed by atoms with E-state index in [9.17, 15) is 5.11 Å². The summed E-state index contributed by atoms with van der Waals surface area (Å²) >= 11 is 0. The third kappa shape index (κ3) is 21.9. The van der Waals surface area contributed by atoms with Crippen molar-refractivity contribution in [3.05, 3.63) is 0 Å². The summed E-state index contributed by atoms with van der Waals surface area (Å²) < 4.78 is 5.54. The summed E-state index contributed by atoms with van der Waals surface area (Å²) in [5, 5.41) is 9.69. The van der Waals surface area contributed by atoms with Gasteiger partial charge in [0.2, 0.25) is 0 Å². The number of rotatable bonds is 20. The number of aliphatic hydroxyl groups is 1. The molecule has 0 aromatic carbocycles. The SMILES string of the molecule is CC(C)CCCCCCCCCCCCCCCOCC(O)CN(C)C. The molecule has 0 radical (unpaired) electrons. The molecule has 0 saturated heterocycles. The fourth-order valence-corrected chi connectivity index (χ4v) is 3.39. The number of hydrogen-bond acceptors (Lipinski definition) is 3. The first kappa shape index (κ1) is 25.9. The molecule has 0 saturated carbocycles. The van der Waals surface area contributed by atoms with Crippen LogP contribution in [0.2, 0.25) is 0 Å². The second-order valence-corrected chi connectivity index (χ2v) is 8.77. The lowest BCUT2D eigenvalue weighted by atomic mass is 10.0. The quantitative estimate of drug-likeness (QED) is 0.265. The lowest BCUT2D eigenvalue weighted by Gasteiger charge is -2.15. The van der Waals surface area contributed by atoms with Crippen molar-refractivity contribution >= 4 is 0 Å². The average Bonchev–Trinajstić information content (AvgIpc) is 2.56. The zero-order valence-electron chi connectivity index (χ0n) is 18.5. The van der Waals surface area contributed by atoms with Crippen molar-refractivity contribution in [1.82, 2.24) is 4.90 Å². The van der Waals surface area contributed by atoms with E-state index >= 15 is 0 Å². The van der Waals surface area contributed by atoms with E-state index in [1.165, 1.54) is 83.5 Å². The van der Waals surface area contributed by atoms with E-state index in [0.29, 0.717) is 13.2 Å². The van der Waals surface area contributed by atoms with Crippen LogP contribution in [0.25, 0.3) is 0 Å². The monoisotopic (exact) mass is 371 g/mol. The highest BCUT2D eigenvalue weighted by Crippen LogP contribution is 2.14. The molecule has 3 nitrogen and oxygen atoms in total. The molecule has 0 heterocycles. The highest BCUT2D eigenvalue weighted by molar-refractivity contribution is 4.57. The van der Waals surface area contributed by atoms with Crippen LogP contribution in [0.5, 0.6) is 0 Å². The largest absolute Gasteiger partial charge is 0.389 e. The van der Waals surface area contributed by atoms with Gasteiger partial charge in [0.15, 0.2) is 0 Å². The van der Waals surface area contributed by atoms with Crippen LogP contribution >= 0.6 is 0 Å². The topological polar surface area (TPSA) is 32.7 Å². The van der Waals surface area contributed by atoms with Gasteiger partial charge in [-0.3, -0.25) is 0 Å². The summed E-state index contributed by atoms with van der Waals surface area (Å²) in [6.07, 6.45) is 19.0. The van der Waals surface area contributed by atoms with Gasteiger partial charge in [0.25, 0.3) is 0 Å². The Morgan fingerprint density at radius 3 is 1.54 bits per heavy atom. The van der Waals surface area contributed by atoms with Crippen LogP contribution in [0.1, 0.15) is 104 Å². The lowest BCUT2D eigenvalue weighted by Crippen LogP contribution is -2.29. The molecule has 0 aromatic rings. The summed E-state index contributed by atoms with van der Waals surface area (Å²) in [4.78, 5) is 1.99. The summed E-state index contributed by atoms with van der Waals surface area (Å²) in [6.45, 7) is 6.59. The Hall–Kier alpha value is -0.120. The van der Waals surface area contributed by atoms with Gasteiger partial charge < -0.3 is 14.7 Å². The van der Waals surface area contributed by atoms with Gasteiger partial charge in [-0.15, -0.1) is 0 Å². The first-order chi connectivity index (χ1) is 12.5. The Balaban J connectivity index is 3.07. The van der Waals surface area contributed by atoms with Crippen molar-refractivity contribution in [2.45, 2.75) is 110 Å². The minimum Gasteiger partial charge on any atom is -0.389 e. The second kappa shape index (κ2) is 19.6. The molecular formula is C23H49NO2. The maximum absolute atomic E-state index is 9.69. The smallest absolute Gasteiger partial charge is 0.0899 e. The van der Waals surface area contributed by atoms with Crippen LogP contribution in [0.15, 0.2) is 0 Å². The van der Waals surface area contributed by atoms with Crippen molar-refractivity contribution in [2.24, 2.45) is 5.92 Å². The first-order valence-corrected chi connectivity index (χ1v) is 11.4. The Morgan fingerprint density at radius 2 is 1.12 bits per heavy atom. The van der Waals surface area contributed by atoms with E-state index in [0.717, 1.165) is 18.9 Å². The Labute approximate surface area is 164 Å². The zero-order chi connectivity index (χ0) is 19.5. The molecule has 0 bridgehead atoms. The van der Waals surface area contributed by atoms with Crippen molar-refractivity contribution in [2.75, 3.05) is 33.9 Å². The predicted molar refractivity (Wildman–Crippen MR) is 115 cm³/mol. The molecule has 3 heteroatoms. The number of nitrogens with zero attached hydrogens (tertiary/aromatic N) is 1. The van der Waals surface area contributed by atoms with Crippen LogP contribution in [-0.4, -0.2) is 50.0 Å². The molecule has 0 aromatic heterocycles. The van der Waals surface area contributed by atoms with Gasteiger partial charge in [-0.25, -0.2) is 0 Å². The molecule has 0 spiro atoms. The average molecular weight is 372 g/mol. The van der Waals surface area contributed by atoms with E-state index < -0.39 is 0 Å². The third-order valence-electron chi connectivity index (χ3n) is 4.96. The van der Waals surface area contributed by atoms with Crippen LogP contribution in [0.3, 0.4) is 0 Å². The standard InChI is InChI=1S/C23H49NO2/c1-22(2)18-16-14-12-10-8-6-5-7-9-11-13-15-17-19-26-21-23(25)20-24(3)4/h22-23,25H,5-21H2,1-4H3. The van der Waals surface area contributed by atoms with Crippen LogP contribution in [0.4, 0.5) is 0 Å². The molecule has 0 amide bonds. The van der Waals surface area contributed by atoms with Crippen LogP contribution in [-0.2, 0) is 4.74 Å². The summed E-state index contributed by atoms with van der Waals surface area (Å²) in [6, 6.07) is 0. The first-order valence-electron chi connectivity index (χ1n) is 11.4. The molecular weight excluding hydrogens is 322 g/mol. The van der Waals surface area contributed by atoms with E-state index in [1.807, 2.05) is 19.0 Å². The van der Waals surface area contributed by atoms with Gasteiger partial charge >= 0.3 is 0 Å². The maximum Gasteiger partial charge on any atom is 0.0899 e. The van der Waals surface area contributed by atoms with Crippen LogP contribution in [0, 0.1) is 5.92 Å². The van der Waals surface area contributed by atoms with Crippen molar-refractivity contribution in [1.29, 1.82) is 0 Å². The molecule has 0 aliphatic carbocycles. The number of likely N-dealkylation sites (N-methyl/N-ethyl adjacent to an activating group) is 1. The molecule has 158 valence electrons. The molecule has 1 unspecified atom stereocenters. The predicted octanol–water partition coefficient (Wildman–Crippen LogP) is 6.04. The van der Waals surface area contributed by atoms with Gasteiger partial charge in [0, 0.05) is 13.2 Å². The van der Waals surface area contributed by atoms with E-state index in [4.69, 9.17) is 4.74 Å². The highest BCUT2D eigenvalue weighted by Gasteiger charge is 2.04. The van der Waals surface area contributed by atoms with Gasteiger partial charge in [0.05, 0.1) is 12.7 Å².